The molecule has 1 N–H and O–H groups in total. The second-order valence-electron chi connectivity index (χ2n) is 5.63. The molecule has 1 aromatic carbocycles. The lowest BCUT2D eigenvalue weighted by Crippen LogP contribution is -2.47. The van der Waals surface area contributed by atoms with Crippen LogP contribution in [0.5, 0.6) is 0 Å². The molecular formula is C19H22N2O5. The normalized spacial score (nSPS) is 12.7. The molecule has 1 aromatic rings. The monoisotopic (exact) mass is 358 g/mol. The van der Waals surface area contributed by atoms with E-state index in [-0.39, 0.29) is 5.92 Å². The Kier molecular flexibility index (Phi) is 8.58. The zero-order chi connectivity index (χ0) is 19.5. The Hall–Kier alpha value is -3.14. The summed E-state index contributed by atoms with van der Waals surface area (Å²) in [6.07, 6.45) is 3.37. The Balaban J connectivity index is 2.52. The summed E-state index contributed by atoms with van der Waals surface area (Å²) in [5.74, 6) is -1.93. The molecule has 26 heavy (non-hydrogen) atoms. The van der Waals surface area contributed by atoms with Crippen molar-refractivity contribution in [2.75, 3.05) is 13.7 Å². The van der Waals surface area contributed by atoms with Crippen LogP contribution >= 0.6 is 0 Å². The minimum absolute atomic E-state index is 0.113. The lowest BCUT2D eigenvalue weighted by molar-refractivity contribution is -0.148. The number of carbonyl (C=O) groups is 3. The van der Waals surface area contributed by atoms with Crippen molar-refractivity contribution < 1.29 is 23.9 Å². The van der Waals surface area contributed by atoms with Crippen molar-refractivity contribution in [2.45, 2.75) is 26.3 Å². The molecule has 0 radical (unpaired) electrons. The van der Waals surface area contributed by atoms with Crippen molar-refractivity contribution in [1.82, 2.24) is 5.32 Å². The van der Waals surface area contributed by atoms with Crippen LogP contribution < -0.4 is 5.32 Å². The Morgan fingerprint density at radius 3 is 2.46 bits per heavy atom. The summed E-state index contributed by atoms with van der Waals surface area (Å²) in [4.78, 5) is 35.3. The standard InChI is InChI=1S/C19H22N2O5/c1-4-13(2)18(19(24)25-3)21-16(22)12-26-17(23)10-9-14-5-7-15(11-20)8-6-14/h5-10,13,18H,4,12H2,1-3H3,(H,21,22)/b10-9+/t13-,18-/m1/s1. The maximum absolute atomic E-state index is 11.9. The highest BCUT2D eigenvalue weighted by atomic mass is 16.5. The van der Waals surface area contributed by atoms with Gasteiger partial charge < -0.3 is 14.8 Å². The maximum atomic E-state index is 11.9. The first-order valence-electron chi connectivity index (χ1n) is 8.13. The molecule has 7 nitrogen and oxygen atoms in total. The average Bonchev–Trinajstić information content (AvgIpc) is 2.67. The molecule has 0 bridgehead atoms. The van der Waals surface area contributed by atoms with E-state index in [9.17, 15) is 14.4 Å². The van der Waals surface area contributed by atoms with Crippen LogP contribution in [0.25, 0.3) is 6.08 Å². The van der Waals surface area contributed by atoms with E-state index in [2.05, 4.69) is 10.1 Å². The second kappa shape index (κ2) is 10.7. The molecule has 1 amide bonds. The van der Waals surface area contributed by atoms with Crippen LogP contribution in [0.3, 0.4) is 0 Å². The first-order valence-corrected chi connectivity index (χ1v) is 8.13. The van der Waals surface area contributed by atoms with Gasteiger partial charge in [0.2, 0.25) is 0 Å². The van der Waals surface area contributed by atoms with E-state index < -0.39 is 30.5 Å². The van der Waals surface area contributed by atoms with Crippen molar-refractivity contribution in [2.24, 2.45) is 5.92 Å². The number of ether oxygens (including phenoxy) is 2. The minimum Gasteiger partial charge on any atom is -0.467 e. The number of hydrogen-bond donors (Lipinski definition) is 1. The van der Waals surface area contributed by atoms with Crippen LogP contribution in [-0.2, 0) is 23.9 Å². The Bertz CT molecular complexity index is 704. The zero-order valence-electron chi connectivity index (χ0n) is 15.0. The molecule has 7 heteroatoms. The smallest absolute Gasteiger partial charge is 0.331 e. The third kappa shape index (κ3) is 6.77. The van der Waals surface area contributed by atoms with Gasteiger partial charge >= 0.3 is 11.9 Å². The van der Waals surface area contributed by atoms with Gasteiger partial charge in [-0.2, -0.15) is 5.26 Å². The van der Waals surface area contributed by atoms with Gasteiger partial charge in [-0.25, -0.2) is 9.59 Å². The van der Waals surface area contributed by atoms with Crippen LogP contribution in [0, 0.1) is 17.2 Å². The number of methoxy groups -OCH3 is 1. The molecule has 2 atom stereocenters. The fraction of sp³-hybridized carbons (Fsp3) is 0.368. The number of nitrogens with zero attached hydrogens (tertiary/aromatic N) is 1. The fourth-order valence-electron chi connectivity index (χ4n) is 2.03. The predicted molar refractivity (Wildman–Crippen MR) is 94.6 cm³/mol. The largest absolute Gasteiger partial charge is 0.467 e. The van der Waals surface area contributed by atoms with Gasteiger partial charge in [0.25, 0.3) is 5.91 Å². The third-order valence-corrected chi connectivity index (χ3v) is 3.78. The Labute approximate surface area is 152 Å². The Morgan fingerprint density at radius 2 is 1.92 bits per heavy atom. The molecular weight excluding hydrogens is 336 g/mol. The van der Waals surface area contributed by atoms with Gasteiger partial charge in [-0.1, -0.05) is 32.4 Å². The van der Waals surface area contributed by atoms with E-state index in [4.69, 9.17) is 10.00 Å². The summed E-state index contributed by atoms with van der Waals surface area (Å²) in [7, 11) is 1.25. The molecule has 0 unspecified atom stereocenters. The molecule has 0 spiro atoms. The Morgan fingerprint density at radius 1 is 1.27 bits per heavy atom. The van der Waals surface area contributed by atoms with E-state index in [0.717, 1.165) is 0 Å². The van der Waals surface area contributed by atoms with E-state index in [1.807, 2.05) is 19.9 Å². The van der Waals surface area contributed by atoms with E-state index in [0.29, 0.717) is 17.5 Å². The molecule has 138 valence electrons. The molecule has 0 saturated heterocycles. The summed E-state index contributed by atoms with van der Waals surface area (Å²) < 4.78 is 9.53. The quantitative estimate of drug-likeness (QED) is 0.561. The highest BCUT2D eigenvalue weighted by Gasteiger charge is 2.26. The number of hydrogen-bond acceptors (Lipinski definition) is 6. The van der Waals surface area contributed by atoms with Crippen molar-refractivity contribution >= 4 is 23.9 Å². The van der Waals surface area contributed by atoms with Gasteiger partial charge in [-0.15, -0.1) is 0 Å². The van der Waals surface area contributed by atoms with Gasteiger partial charge in [0.15, 0.2) is 6.61 Å². The molecule has 0 fully saturated rings. The number of esters is 2. The zero-order valence-corrected chi connectivity index (χ0v) is 15.0. The highest BCUT2D eigenvalue weighted by molar-refractivity contribution is 5.90. The van der Waals surface area contributed by atoms with Crippen LogP contribution in [0.4, 0.5) is 0 Å². The van der Waals surface area contributed by atoms with Gasteiger partial charge in [0.1, 0.15) is 6.04 Å². The fourth-order valence-corrected chi connectivity index (χ4v) is 2.03. The highest BCUT2D eigenvalue weighted by Crippen LogP contribution is 2.09. The SMILES string of the molecule is CC[C@@H](C)[C@@H](NC(=O)COC(=O)/C=C/c1ccc(C#N)cc1)C(=O)OC. The summed E-state index contributed by atoms with van der Waals surface area (Å²) >= 11 is 0. The van der Waals surface area contributed by atoms with Crippen LogP contribution in [0.15, 0.2) is 30.3 Å². The molecule has 0 aliphatic heterocycles. The lowest BCUT2D eigenvalue weighted by atomic mass is 9.99. The lowest BCUT2D eigenvalue weighted by Gasteiger charge is -2.21. The van der Waals surface area contributed by atoms with E-state index >= 15 is 0 Å². The van der Waals surface area contributed by atoms with Gasteiger partial charge in [-0.3, -0.25) is 4.79 Å². The number of nitriles is 1. The first-order chi connectivity index (χ1) is 12.4. The van der Waals surface area contributed by atoms with Crippen LogP contribution in [0.1, 0.15) is 31.4 Å². The molecule has 1 rings (SSSR count). The van der Waals surface area contributed by atoms with Crippen molar-refractivity contribution in [1.29, 1.82) is 5.26 Å². The first kappa shape index (κ1) is 20.9. The van der Waals surface area contributed by atoms with E-state index in [1.165, 1.54) is 19.3 Å². The summed E-state index contributed by atoms with van der Waals surface area (Å²) in [6.45, 7) is 3.20. The second-order valence-corrected chi connectivity index (χ2v) is 5.63. The number of carbonyl (C=O) groups excluding carboxylic acids is 3. The summed E-state index contributed by atoms with van der Waals surface area (Å²) in [5, 5.41) is 11.2. The van der Waals surface area contributed by atoms with Crippen LogP contribution in [-0.4, -0.2) is 37.6 Å². The molecule has 0 aliphatic carbocycles. The number of nitrogens with one attached hydrogen (secondary N) is 1. The molecule has 0 aromatic heterocycles. The predicted octanol–water partition coefficient (Wildman–Crippen LogP) is 1.82. The van der Waals surface area contributed by atoms with Gasteiger partial charge in [0, 0.05) is 6.08 Å². The number of amides is 1. The minimum atomic E-state index is -0.787. The van der Waals surface area contributed by atoms with E-state index in [1.54, 1.807) is 24.3 Å². The van der Waals surface area contributed by atoms with Crippen molar-refractivity contribution in [3.8, 4) is 6.07 Å². The molecule has 0 aliphatic rings. The molecule has 0 heterocycles. The number of benzene rings is 1. The maximum Gasteiger partial charge on any atom is 0.331 e. The van der Waals surface area contributed by atoms with Gasteiger partial charge in [0.05, 0.1) is 18.7 Å². The number of rotatable bonds is 8. The topological polar surface area (TPSA) is 105 Å². The third-order valence-electron chi connectivity index (χ3n) is 3.78. The summed E-state index contributed by atoms with van der Waals surface area (Å²) in [6, 6.07) is 7.83. The van der Waals surface area contributed by atoms with Crippen molar-refractivity contribution in [3.63, 3.8) is 0 Å². The summed E-state index contributed by atoms with van der Waals surface area (Å²) in [5.41, 5.74) is 1.23. The van der Waals surface area contributed by atoms with Gasteiger partial charge in [-0.05, 0) is 29.7 Å². The van der Waals surface area contributed by atoms with Crippen molar-refractivity contribution in [3.05, 3.63) is 41.5 Å². The van der Waals surface area contributed by atoms with Crippen LogP contribution in [0.2, 0.25) is 0 Å². The average molecular weight is 358 g/mol. The molecule has 0 saturated carbocycles.